The fourth-order valence-electron chi connectivity index (χ4n) is 1.02. The maximum Gasteiger partial charge on any atom is 0.156 e. The van der Waals surface area contributed by atoms with Crippen molar-refractivity contribution in [1.29, 1.82) is 0 Å². The molecule has 0 aromatic rings. The van der Waals surface area contributed by atoms with E-state index in [1.807, 2.05) is 0 Å². The number of hydrogen-bond donors (Lipinski definition) is 1. The summed E-state index contributed by atoms with van der Waals surface area (Å²) in [5.74, 6) is 1.78. The van der Waals surface area contributed by atoms with E-state index in [0.717, 1.165) is 17.3 Å². The van der Waals surface area contributed by atoms with Gasteiger partial charge in [0.1, 0.15) is 0 Å². The summed E-state index contributed by atoms with van der Waals surface area (Å²) in [5, 5.41) is 4.35. The van der Waals surface area contributed by atoms with Gasteiger partial charge in [-0.2, -0.15) is 0 Å². The fourth-order valence-corrected chi connectivity index (χ4v) is 2.48. The van der Waals surface area contributed by atoms with Crippen molar-refractivity contribution in [1.82, 2.24) is 5.32 Å². The second kappa shape index (κ2) is 5.65. The van der Waals surface area contributed by atoms with Crippen LogP contribution in [0.1, 0.15) is 13.3 Å². The second-order valence-corrected chi connectivity index (χ2v) is 5.59. The molecule has 1 rings (SSSR count). The van der Waals surface area contributed by atoms with Crippen LogP contribution in [0.25, 0.3) is 0 Å². The van der Waals surface area contributed by atoms with Gasteiger partial charge in [0.05, 0.1) is 6.54 Å². The third-order valence-corrected chi connectivity index (χ3v) is 3.72. The second-order valence-electron chi connectivity index (χ2n) is 3.02. The molecule has 2 atom stereocenters. The van der Waals surface area contributed by atoms with Crippen LogP contribution in [0.15, 0.2) is 4.99 Å². The lowest BCUT2D eigenvalue weighted by Gasteiger charge is -2.04. The fraction of sp³-hybridized carbons (Fsp3) is 0.875. The van der Waals surface area contributed by atoms with Crippen LogP contribution in [0.3, 0.4) is 0 Å². The molecule has 13 heavy (non-hydrogen) atoms. The summed E-state index contributed by atoms with van der Waals surface area (Å²) < 4.78 is 10.8. The Morgan fingerprint density at radius 3 is 3.08 bits per heavy atom. The van der Waals surface area contributed by atoms with Crippen molar-refractivity contribution in [3.63, 3.8) is 0 Å². The number of hydrogen-bond acceptors (Lipinski definition) is 3. The summed E-state index contributed by atoms with van der Waals surface area (Å²) >= 11 is 1.77. The summed E-state index contributed by atoms with van der Waals surface area (Å²) in [6, 6.07) is 0.580. The summed E-state index contributed by atoms with van der Waals surface area (Å²) in [7, 11) is -0.720. The molecule has 5 heteroatoms. The molecule has 1 aliphatic heterocycles. The standard InChI is InChI=1S/C8H16N2OS2/c1-3-7-6-12-8(10-7)9-4-5-13(2)11/h7H,3-6H2,1-2H3,(H,9,10). The predicted molar refractivity (Wildman–Crippen MR) is 60.9 cm³/mol. The van der Waals surface area contributed by atoms with Crippen LogP contribution in [0.5, 0.6) is 0 Å². The minimum absolute atomic E-state index is 0.580. The van der Waals surface area contributed by atoms with Gasteiger partial charge in [0.25, 0.3) is 0 Å². The molecular weight excluding hydrogens is 204 g/mol. The monoisotopic (exact) mass is 220 g/mol. The number of rotatable bonds is 4. The van der Waals surface area contributed by atoms with Crippen molar-refractivity contribution in [3.05, 3.63) is 0 Å². The van der Waals surface area contributed by atoms with E-state index < -0.39 is 10.8 Å². The maximum atomic E-state index is 10.8. The smallest absolute Gasteiger partial charge is 0.156 e. The van der Waals surface area contributed by atoms with E-state index in [9.17, 15) is 4.21 Å². The van der Waals surface area contributed by atoms with Crippen LogP contribution in [0.4, 0.5) is 0 Å². The van der Waals surface area contributed by atoms with Crippen molar-refractivity contribution < 1.29 is 4.21 Å². The van der Waals surface area contributed by atoms with Crippen molar-refractivity contribution in [2.24, 2.45) is 4.99 Å². The topological polar surface area (TPSA) is 41.5 Å². The molecule has 1 fully saturated rings. The van der Waals surface area contributed by atoms with Crippen LogP contribution in [0.2, 0.25) is 0 Å². The van der Waals surface area contributed by atoms with Crippen LogP contribution in [0, 0.1) is 0 Å². The number of nitrogens with one attached hydrogen (secondary N) is 1. The lowest BCUT2D eigenvalue weighted by molar-refractivity contribution is 0.667. The van der Waals surface area contributed by atoms with Crippen molar-refractivity contribution in [2.75, 3.05) is 24.3 Å². The van der Waals surface area contributed by atoms with Gasteiger partial charge in [0, 0.05) is 34.6 Å². The molecule has 2 unspecified atom stereocenters. The number of amidine groups is 1. The van der Waals surface area contributed by atoms with E-state index >= 15 is 0 Å². The molecule has 0 aliphatic carbocycles. The molecule has 0 amide bonds. The Kier molecular flexibility index (Phi) is 4.80. The molecule has 0 aromatic carbocycles. The average Bonchev–Trinajstić information content (AvgIpc) is 2.52. The first-order chi connectivity index (χ1) is 6.22. The SMILES string of the molecule is CCC1CSC(=NCCS(C)=O)N1. The van der Waals surface area contributed by atoms with Crippen LogP contribution < -0.4 is 5.32 Å². The Hall–Kier alpha value is -0.0300. The first kappa shape index (κ1) is 11.0. The summed E-state index contributed by atoms with van der Waals surface area (Å²) in [6.07, 6.45) is 2.86. The highest BCUT2D eigenvalue weighted by atomic mass is 32.2. The van der Waals surface area contributed by atoms with Gasteiger partial charge >= 0.3 is 0 Å². The lowest BCUT2D eigenvalue weighted by Crippen LogP contribution is -2.26. The largest absolute Gasteiger partial charge is 0.361 e. The minimum atomic E-state index is -0.720. The molecule has 0 radical (unpaired) electrons. The Morgan fingerprint density at radius 2 is 2.54 bits per heavy atom. The van der Waals surface area contributed by atoms with Crippen LogP contribution in [-0.4, -0.2) is 39.7 Å². The first-order valence-corrected chi connectivity index (χ1v) is 7.17. The highest BCUT2D eigenvalue weighted by Gasteiger charge is 2.17. The zero-order valence-corrected chi connectivity index (χ0v) is 9.71. The van der Waals surface area contributed by atoms with Gasteiger partial charge in [0.2, 0.25) is 0 Å². The lowest BCUT2D eigenvalue weighted by atomic mass is 10.3. The molecule has 1 N–H and O–H groups in total. The van der Waals surface area contributed by atoms with E-state index in [4.69, 9.17) is 0 Å². The quantitative estimate of drug-likeness (QED) is 0.763. The maximum absolute atomic E-state index is 10.8. The molecule has 76 valence electrons. The van der Waals surface area contributed by atoms with Crippen LogP contribution >= 0.6 is 11.8 Å². The Bertz CT molecular complexity index is 218. The van der Waals surface area contributed by atoms with Crippen molar-refractivity contribution in [3.8, 4) is 0 Å². The van der Waals surface area contributed by atoms with E-state index in [0.29, 0.717) is 18.3 Å². The molecule has 3 nitrogen and oxygen atoms in total. The molecule has 0 aromatic heterocycles. The molecular formula is C8H16N2OS2. The third kappa shape index (κ3) is 4.13. The Morgan fingerprint density at radius 1 is 1.77 bits per heavy atom. The van der Waals surface area contributed by atoms with Gasteiger partial charge in [-0.3, -0.25) is 9.20 Å². The van der Waals surface area contributed by atoms with Gasteiger partial charge in [0.15, 0.2) is 5.17 Å². The van der Waals surface area contributed by atoms with Gasteiger partial charge in [-0.05, 0) is 6.42 Å². The molecule has 0 bridgehead atoms. The van der Waals surface area contributed by atoms with Gasteiger partial charge in [-0.1, -0.05) is 18.7 Å². The Balaban J connectivity index is 2.25. The summed E-state index contributed by atoms with van der Waals surface area (Å²) in [6.45, 7) is 2.84. The molecule has 1 heterocycles. The van der Waals surface area contributed by atoms with Crippen molar-refractivity contribution >= 4 is 27.7 Å². The molecule has 1 aliphatic rings. The van der Waals surface area contributed by atoms with Gasteiger partial charge in [-0.25, -0.2) is 0 Å². The number of nitrogens with zero attached hydrogens (tertiary/aromatic N) is 1. The van der Waals surface area contributed by atoms with E-state index in [1.165, 1.54) is 0 Å². The van der Waals surface area contributed by atoms with E-state index in [1.54, 1.807) is 18.0 Å². The third-order valence-electron chi connectivity index (χ3n) is 1.88. The summed E-state index contributed by atoms with van der Waals surface area (Å²) in [5.41, 5.74) is 0. The highest BCUT2D eigenvalue weighted by molar-refractivity contribution is 8.14. The minimum Gasteiger partial charge on any atom is -0.361 e. The summed E-state index contributed by atoms with van der Waals surface area (Å²) in [4.78, 5) is 4.34. The van der Waals surface area contributed by atoms with E-state index in [-0.39, 0.29) is 0 Å². The molecule has 0 saturated carbocycles. The van der Waals surface area contributed by atoms with Crippen molar-refractivity contribution in [2.45, 2.75) is 19.4 Å². The number of thioether (sulfide) groups is 1. The molecule has 1 saturated heterocycles. The van der Waals surface area contributed by atoms with Crippen LogP contribution in [-0.2, 0) is 10.8 Å². The van der Waals surface area contributed by atoms with Gasteiger partial charge in [-0.15, -0.1) is 0 Å². The Labute approximate surface area is 86.2 Å². The average molecular weight is 220 g/mol. The first-order valence-electron chi connectivity index (χ1n) is 4.46. The van der Waals surface area contributed by atoms with E-state index in [2.05, 4.69) is 17.2 Å². The predicted octanol–water partition coefficient (Wildman–Crippen LogP) is 0.836. The van der Waals surface area contributed by atoms with Gasteiger partial charge < -0.3 is 5.32 Å². The number of aliphatic imine (C=N–C) groups is 1. The zero-order chi connectivity index (χ0) is 9.68. The normalized spacial score (nSPS) is 27.5. The zero-order valence-electron chi connectivity index (χ0n) is 8.08. The highest BCUT2D eigenvalue weighted by Crippen LogP contribution is 2.15. The molecule has 0 spiro atoms.